The number of nitrogens with one attached hydrogen (secondary N) is 2. The summed E-state index contributed by atoms with van der Waals surface area (Å²) in [7, 11) is -4.06. The summed E-state index contributed by atoms with van der Waals surface area (Å²) in [6.07, 6.45) is 1.39. The molecule has 33 heavy (non-hydrogen) atoms. The van der Waals surface area contributed by atoms with E-state index in [0.717, 1.165) is 11.5 Å². The largest absolute Gasteiger partial charge is 0.322 e. The average Bonchev–Trinajstić information content (AvgIpc) is 2.79. The van der Waals surface area contributed by atoms with Crippen molar-refractivity contribution < 1.29 is 18.1 Å². The minimum Gasteiger partial charge on any atom is -0.322 e. The summed E-state index contributed by atoms with van der Waals surface area (Å²) < 4.78 is 28.3. The van der Waals surface area contributed by atoms with Gasteiger partial charge in [0.25, 0.3) is 21.6 Å². The zero-order valence-corrected chi connectivity index (χ0v) is 18.3. The number of non-ortho nitro benzene ring substituents is 1. The number of pyridine rings is 1. The lowest BCUT2D eigenvalue weighted by atomic mass is 10.2. The molecule has 0 aliphatic carbocycles. The average molecular weight is 483 g/mol. The van der Waals surface area contributed by atoms with E-state index in [-0.39, 0.29) is 32.5 Å². The highest BCUT2D eigenvalue weighted by Gasteiger charge is 2.20. The first kappa shape index (κ1) is 22.2. The fraction of sp³-hybridized carbons (Fsp3) is 0. The number of nitrogens with zero attached hydrogens (tertiary/aromatic N) is 2. The number of sulfonamides is 1. The molecule has 3 aromatic carbocycles. The smallest absolute Gasteiger partial charge is 0.271 e. The van der Waals surface area contributed by atoms with Gasteiger partial charge in [-0.2, -0.15) is 0 Å². The van der Waals surface area contributed by atoms with Crippen LogP contribution < -0.4 is 10.0 Å². The number of nitro benzene ring substituents is 1. The van der Waals surface area contributed by atoms with Gasteiger partial charge in [0, 0.05) is 23.2 Å². The van der Waals surface area contributed by atoms with Crippen molar-refractivity contribution in [2.24, 2.45) is 0 Å². The van der Waals surface area contributed by atoms with Crippen LogP contribution in [0, 0.1) is 10.1 Å². The first-order valence-corrected chi connectivity index (χ1v) is 11.3. The van der Waals surface area contributed by atoms with Gasteiger partial charge < -0.3 is 5.32 Å². The Labute approximate surface area is 193 Å². The molecule has 0 radical (unpaired) electrons. The maximum Gasteiger partial charge on any atom is 0.271 e. The van der Waals surface area contributed by atoms with Crippen molar-refractivity contribution in [3.8, 4) is 0 Å². The van der Waals surface area contributed by atoms with Crippen molar-refractivity contribution >= 4 is 55.5 Å². The minimum atomic E-state index is -4.06. The predicted molar refractivity (Wildman–Crippen MR) is 125 cm³/mol. The van der Waals surface area contributed by atoms with Gasteiger partial charge in [0.15, 0.2) is 0 Å². The number of hydrogen-bond acceptors (Lipinski definition) is 6. The van der Waals surface area contributed by atoms with Crippen LogP contribution in [0.2, 0.25) is 5.02 Å². The number of hydrogen-bond donors (Lipinski definition) is 2. The van der Waals surface area contributed by atoms with Gasteiger partial charge in [-0.15, -0.1) is 0 Å². The van der Waals surface area contributed by atoms with Crippen molar-refractivity contribution in [2.45, 2.75) is 4.90 Å². The van der Waals surface area contributed by atoms with Crippen molar-refractivity contribution in [2.75, 3.05) is 10.0 Å². The van der Waals surface area contributed by atoms with Crippen LogP contribution in [0.25, 0.3) is 10.9 Å². The number of carbonyl (C=O) groups excluding carboxylic acids is 1. The Morgan fingerprint density at radius 3 is 2.55 bits per heavy atom. The Morgan fingerprint density at radius 1 is 0.970 bits per heavy atom. The van der Waals surface area contributed by atoms with E-state index >= 15 is 0 Å². The summed E-state index contributed by atoms with van der Waals surface area (Å²) in [5, 5.41) is 14.2. The summed E-state index contributed by atoms with van der Waals surface area (Å²) in [6.45, 7) is 0. The molecule has 0 bridgehead atoms. The number of amides is 1. The van der Waals surface area contributed by atoms with Gasteiger partial charge in [0.2, 0.25) is 0 Å². The Bertz CT molecular complexity index is 1510. The molecule has 0 fully saturated rings. The number of anilines is 2. The number of aromatic nitrogens is 1. The first-order chi connectivity index (χ1) is 15.7. The normalized spacial score (nSPS) is 11.2. The molecule has 0 saturated heterocycles. The van der Waals surface area contributed by atoms with Gasteiger partial charge in [0.05, 0.1) is 37.8 Å². The van der Waals surface area contributed by atoms with Crippen molar-refractivity contribution in [3.05, 3.63) is 99.7 Å². The molecule has 1 amide bonds. The monoisotopic (exact) mass is 482 g/mol. The zero-order chi connectivity index (χ0) is 23.6. The van der Waals surface area contributed by atoms with Gasteiger partial charge in [-0.1, -0.05) is 35.9 Å². The van der Waals surface area contributed by atoms with Crippen LogP contribution >= 0.6 is 11.6 Å². The molecule has 11 heteroatoms. The lowest BCUT2D eigenvalue weighted by Gasteiger charge is -2.11. The van der Waals surface area contributed by atoms with E-state index in [9.17, 15) is 23.3 Å². The van der Waals surface area contributed by atoms with Crippen LogP contribution in [0.3, 0.4) is 0 Å². The van der Waals surface area contributed by atoms with Crippen LogP contribution in [0.5, 0.6) is 0 Å². The molecule has 4 aromatic rings. The summed E-state index contributed by atoms with van der Waals surface area (Å²) in [6, 6.07) is 17.9. The third-order valence-electron chi connectivity index (χ3n) is 4.65. The van der Waals surface area contributed by atoms with E-state index in [1.165, 1.54) is 42.6 Å². The molecule has 0 unspecified atom stereocenters. The molecular weight excluding hydrogens is 468 g/mol. The fourth-order valence-electron chi connectivity index (χ4n) is 3.08. The topological polar surface area (TPSA) is 131 Å². The number of fused-ring (bicyclic) bond motifs is 1. The van der Waals surface area contributed by atoms with Crippen LogP contribution in [-0.2, 0) is 10.0 Å². The number of benzene rings is 3. The molecule has 0 spiro atoms. The van der Waals surface area contributed by atoms with Crippen molar-refractivity contribution in [1.82, 2.24) is 4.98 Å². The Morgan fingerprint density at radius 2 is 1.76 bits per heavy atom. The Kier molecular flexibility index (Phi) is 5.95. The number of carbonyl (C=O) groups is 1. The number of nitro groups is 1. The van der Waals surface area contributed by atoms with E-state index < -0.39 is 20.9 Å². The lowest BCUT2D eigenvalue weighted by molar-refractivity contribution is -0.384. The molecule has 0 saturated carbocycles. The van der Waals surface area contributed by atoms with Crippen LogP contribution in [0.15, 0.2) is 83.9 Å². The van der Waals surface area contributed by atoms with Gasteiger partial charge in [-0.05, 0) is 36.4 Å². The van der Waals surface area contributed by atoms with E-state index in [4.69, 9.17) is 11.6 Å². The number of para-hydroxylation sites is 1. The fourth-order valence-corrected chi connectivity index (χ4v) is 4.35. The molecule has 4 rings (SSSR count). The standard InChI is InChI=1S/C22H15ClN4O5S/c23-20-9-8-18(12-19(20)22(28)25-15-5-3-6-17(11-15)27(29)30)33(31,32)26-16-10-14-4-1-2-7-21(14)24-13-16/h1-13,26H,(H,25,28). The number of halogens is 1. The lowest BCUT2D eigenvalue weighted by Crippen LogP contribution is -2.16. The quantitative estimate of drug-likeness (QED) is 0.298. The second-order valence-corrected chi connectivity index (χ2v) is 9.02. The predicted octanol–water partition coefficient (Wildman–Crippen LogP) is 4.85. The highest BCUT2D eigenvalue weighted by Crippen LogP contribution is 2.25. The summed E-state index contributed by atoms with van der Waals surface area (Å²) >= 11 is 6.12. The van der Waals surface area contributed by atoms with E-state index in [1.54, 1.807) is 18.2 Å². The van der Waals surface area contributed by atoms with E-state index in [1.807, 2.05) is 12.1 Å². The molecule has 166 valence electrons. The molecule has 0 aliphatic rings. The third kappa shape index (κ3) is 4.92. The SMILES string of the molecule is O=C(Nc1cccc([N+](=O)[O-])c1)c1cc(S(=O)(=O)Nc2cnc3ccccc3c2)ccc1Cl. The molecule has 2 N–H and O–H groups in total. The molecule has 0 aliphatic heterocycles. The highest BCUT2D eigenvalue weighted by atomic mass is 35.5. The highest BCUT2D eigenvalue weighted by molar-refractivity contribution is 7.92. The summed E-state index contributed by atoms with van der Waals surface area (Å²) in [4.78, 5) is 27.1. The van der Waals surface area contributed by atoms with Gasteiger partial charge in [-0.25, -0.2) is 8.42 Å². The van der Waals surface area contributed by atoms with Gasteiger partial charge in [-0.3, -0.25) is 24.6 Å². The van der Waals surface area contributed by atoms with Crippen molar-refractivity contribution in [1.29, 1.82) is 0 Å². The Hall–Kier alpha value is -4.02. The number of rotatable bonds is 6. The van der Waals surface area contributed by atoms with E-state index in [2.05, 4.69) is 15.0 Å². The van der Waals surface area contributed by atoms with Crippen molar-refractivity contribution in [3.63, 3.8) is 0 Å². The Balaban J connectivity index is 1.60. The second-order valence-electron chi connectivity index (χ2n) is 6.93. The van der Waals surface area contributed by atoms with Crippen LogP contribution in [-0.4, -0.2) is 24.2 Å². The molecule has 1 aromatic heterocycles. The molecular formula is C22H15ClN4O5S. The maximum absolute atomic E-state index is 12.9. The van der Waals surface area contributed by atoms with Crippen LogP contribution in [0.4, 0.5) is 17.1 Å². The molecule has 1 heterocycles. The van der Waals surface area contributed by atoms with E-state index in [0.29, 0.717) is 5.52 Å². The maximum atomic E-state index is 12.9. The summed E-state index contributed by atoms with van der Waals surface area (Å²) in [5.74, 6) is -0.718. The van der Waals surface area contributed by atoms with Crippen LogP contribution in [0.1, 0.15) is 10.4 Å². The summed E-state index contributed by atoms with van der Waals surface area (Å²) in [5.41, 5.74) is 0.822. The van der Waals surface area contributed by atoms with Gasteiger partial charge in [0.1, 0.15) is 0 Å². The van der Waals surface area contributed by atoms with Gasteiger partial charge >= 0.3 is 0 Å². The molecule has 0 atom stereocenters. The second kappa shape index (κ2) is 8.85. The zero-order valence-electron chi connectivity index (χ0n) is 16.7. The first-order valence-electron chi connectivity index (χ1n) is 9.46. The third-order valence-corrected chi connectivity index (χ3v) is 6.36. The minimum absolute atomic E-state index is 0.0178. The molecule has 9 nitrogen and oxygen atoms in total.